The summed E-state index contributed by atoms with van der Waals surface area (Å²) < 4.78 is 0. The van der Waals surface area contributed by atoms with Crippen LogP contribution in [0, 0.1) is 37.0 Å². The second kappa shape index (κ2) is 13.5. The molecule has 0 aliphatic heterocycles. The fourth-order valence-electron chi connectivity index (χ4n) is 10.7. The number of aryl methyl sites for hydroxylation is 2. The molecule has 56 heavy (non-hydrogen) atoms. The van der Waals surface area contributed by atoms with Gasteiger partial charge in [-0.1, -0.05) is 145 Å². The Morgan fingerprint density at radius 1 is 0.429 bits per heavy atom. The molecule has 2 unspecified atom stereocenters. The summed E-state index contributed by atoms with van der Waals surface area (Å²) in [5.74, 6) is 3.60. The molecule has 4 saturated carbocycles. The summed E-state index contributed by atoms with van der Waals surface area (Å²) in [5.41, 5.74) is 14.4. The van der Waals surface area contributed by atoms with E-state index in [1.165, 1.54) is 77.5 Å². The topological polar surface area (TPSA) is 62.5 Å². The molecule has 11 rings (SSSR count). The number of nitriles is 1. The van der Waals surface area contributed by atoms with Gasteiger partial charge in [0.25, 0.3) is 0 Å². The Hall–Kier alpha value is -6.18. The van der Waals surface area contributed by atoms with Crippen molar-refractivity contribution in [1.29, 1.82) is 5.26 Å². The molecular formula is C52H44N4. The molecule has 4 aliphatic rings. The van der Waals surface area contributed by atoms with Gasteiger partial charge in [0.15, 0.2) is 17.5 Å². The zero-order valence-electron chi connectivity index (χ0n) is 32.0. The van der Waals surface area contributed by atoms with Gasteiger partial charge < -0.3 is 0 Å². The first-order chi connectivity index (χ1) is 27.3. The average Bonchev–Trinajstić information content (AvgIpc) is 3.24. The molecule has 4 nitrogen and oxygen atoms in total. The van der Waals surface area contributed by atoms with Crippen molar-refractivity contribution in [3.05, 3.63) is 173 Å². The molecular weight excluding hydrogens is 681 g/mol. The number of benzene rings is 6. The SMILES string of the molecule is Cc1ccc(-c2nc(-c3ccc(C)cc3)nc(-c3ccc(-c4ccc(C56CC7CC(CC(c8ccc(-c9ccc(C#N)cc9)cc8)(C7)C5)C6)cc4)cc3)n2)cc1. The summed E-state index contributed by atoms with van der Waals surface area (Å²) in [5, 5.41) is 9.23. The van der Waals surface area contributed by atoms with Crippen LogP contribution in [0.4, 0.5) is 0 Å². The quantitative estimate of drug-likeness (QED) is 0.164. The average molecular weight is 725 g/mol. The van der Waals surface area contributed by atoms with Crippen LogP contribution in [0.15, 0.2) is 146 Å². The lowest BCUT2D eigenvalue weighted by Gasteiger charge is -2.63. The van der Waals surface area contributed by atoms with E-state index in [2.05, 4.69) is 153 Å². The molecule has 0 N–H and O–H groups in total. The van der Waals surface area contributed by atoms with Gasteiger partial charge in [-0.25, -0.2) is 15.0 Å². The van der Waals surface area contributed by atoms with Crippen LogP contribution in [0.3, 0.4) is 0 Å². The van der Waals surface area contributed by atoms with Crippen LogP contribution in [0.2, 0.25) is 0 Å². The van der Waals surface area contributed by atoms with Gasteiger partial charge in [-0.15, -0.1) is 0 Å². The molecule has 2 atom stereocenters. The lowest BCUT2D eigenvalue weighted by atomic mass is 9.41. The predicted octanol–water partition coefficient (Wildman–Crippen LogP) is 12.5. The maximum Gasteiger partial charge on any atom is 0.164 e. The van der Waals surface area contributed by atoms with E-state index in [1.807, 2.05) is 12.1 Å². The highest BCUT2D eigenvalue weighted by atomic mass is 15.0. The van der Waals surface area contributed by atoms with Gasteiger partial charge in [0.05, 0.1) is 11.6 Å². The van der Waals surface area contributed by atoms with E-state index >= 15 is 0 Å². The van der Waals surface area contributed by atoms with Crippen molar-refractivity contribution >= 4 is 0 Å². The maximum absolute atomic E-state index is 9.23. The van der Waals surface area contributed by atoms with E-state index in [4.69, 9.17) is 15.0 Å². The number of rotatable bonds is 7. The number of aromatic nitrogens is 3. The maximum atomic E-state index is 9.23. The number of nitrogens with zero attached hydrogens (tertiary/aromatic N) is 4. The number of hydrogen-bond acceptors (Lipinski definition) is 4. The Bertz CT molecular complexity index is 2500. The molecule has 0 amide bonds. The van der Waals surface area contributed by atoms with Crippen molar-refractivity contribution in [3.63, 3.8) is 0 Å². The Balaban J connectivity index is 0.913. The summed E-state index contributed by atoms with van der Waals surface area (Å²) in [7, 11) is 0. The van der Waals surface area contributed by atoms with Crippen LogP contribution < -0.4 is 0 Å². The van der Waals surface area contributed by atoms with E-state index in [-0.39, 0.29) is 10.8 Å². The third kappa shape index (κ3) is 6.22. The molecule has 272 valence electrons. The molecule has 1 aromatic heterocycles. The van der Waals surface area contributed by atoms with Gasteiger partial charge in [0.1, 0.15) is 0 Å². The van der Waals surface area contributed by atoms with Crippen LogP contribution in [-0.4, -0.2) is 15.0 Å². The standard InChI is InChI=1S/C52H44N4/c1-34-3-9-43(10-4-34)48-54-49(44-11-5-35(2)6-12-44)56-50(55-48)45-17-15-40(16-18-45)42-21-25-47(26-22-42)52-30-37-27-38(31-52)29-51(28-37,33-52)46-23-19-41(20-24-46)39-13-7-36(32-53)8-14-39/h3-26,37-38H,27-31,33H2,1-2H3. The molecule has 4 bridgehead atoms. The van der Waals surface area contributed by atoms with Crippen molar-refractivity contribution in [3.8, 4) is 62.5 Å². The van der Waals surface area contributed by atoms with Crippen molar-refractivity contribution in [1.82, 2.24) is 15.0 Å². The summed E-state index contributed by atoms with van der Waals surface area (Å²) in [6.07, 6.45) is 7.86. The lowest BCUT2D eigenvalue weighted by Crippen LogP contribution is -2.55. The monoisotopic (exact) mass is 724 g/mol. The molecule has 1 heterocycles. The van der Waals surface area contributed by atoms with E-state index < -0.39 is 0 Å². The normalized spacial score (nSPS) is 22.2. The van der Waals surface area contributed by atoms with Crippen LogP contribution >= 0.6 is 0 Å². The zero-order chi connectivity index (χ0) is 37.9. The van der Waals surface area contributed by atoms with E-state index in [9.17, 15) is 5.26 Å². The molecule has 4 heteroatoms. The molecule has 0 saturated heterocycles. The third-order valence-electron chi connectivity index (χ3n) is 13.1. The fraction of sp³-hybridized carbons (Fsp3) is 0.231. The molecule has 0 spiro atoms. The first-order valence-corrected chi connectivity index (χ1v) is 20.1. The lowest BCUT2D eigenvalue weighted by molar-refractivity contribution is -0.0281. The Morgan fingerprint density at radius 3 is 1.09 bits per heavy atom. The molecule has 0 radical (unpaired) electrons. The van der Waals surface area contributed by atoms with E-state index in [0.717, 1.165) is 34.1 Å². The van der Waals surface area contributed by atoms with Crippen molar-refractivity contribution in [2.75, 3.05) is 0 Å². The van der Waals surface area contributed by atoms with Crippen molar-refractivity contribution in [2.24, 2.45) is 11.8 Å². The van der Waals surface area contributed by atoms with Gasteiger partial charge in [-0.3, -0.25) is 0 Å². The highest BCUT2D eigenvalue weighted by molar-refractivity contribution is 5.71. The molecule has 7 aromatic rings. The van der Waals surface area contributed by atoms with E-state index in [1.54, 1.807) is 0 Å². The van der Waals surface area contributed by atoms with Crippen LogP contribution in [0.1, 0.15) is 66.3 Å². The number of hydrogen-bond donors (Lipinski definition) is 0. The minimum atomic E-state index is 0.237. The van der Waals surface area contributed by atoms with Crippen LogP contribution in [-0.2, 0) is 10.8 Å². The Morgan fingerprint density at radius 2 is 0.732 bits per heavy atom. The second-order valence-electron chi connectivity index (χ2n) is 17.0. The first-order valence-electron chi connectivity index (χ1n) is 20.1. The highest BCUT2D eigenvalue weighted by Crippen LogP contribution is 2.66. The van der Waals surface area contributed by atoms with Crippen molar-refractivity contribution < 1.29 is 0 Å². The first kappa shape index (κ1) is 34.3. The summed E-state index contributed by atoms with van der Waals surface area (Å²) in [6.45, 7) is 4.19. The fourth-order valence-corrected chi connectivity index (χ4v) is 10.7. The molecule has 4 aliphatic carbocycles. The second-order valence-corrected chi connectivity index (χ2v) is 17.0. The van der Waals surface area contributed by atoms with E-state index in [0.29, 0.717) is 23.0 Å². The minimum Gasteiger partial charge on any atom is -0.208 e. The highest BCUT2D eigenvalue weighted by Gasteiger charge is 2.58. The van der Waals surface area contributed by atoms with Gasteiger partial charge in [-0.05, 0) is 121 Å². The minimum absolute atomic E-state index is 0.237. The summed E-state index contributed by atoms with van der Waals surface area (Å²) in [4.78, 5) is 14.9. The Kier molecular flexibility index (Phi) is 8.29. The van der Waals surface area contributed by atoms with Crippen LogP contribution in [0.25, 0.3) is 56.4 Å². The largest absolute Gasteiger partial charge is 0.208 e. The molecule has 6 aromatic carbocycles. The summed E-state index contributed by atoms with van der Waals surface area (Å²) >= 11 is 0. The summed E-state index contributed by atoms with van der Waals surface area (Å²) in [6, 6.07) is 54.6. The third-order valence-corrected chi connectivity index (χ3v) is 13.1. The Labute approximate surface area is 330 Å². The van der Waals surface area contributed by atoms with Gasteiger partial charge >= 0.3 is 0 Å². The van der Waals surface area contributed by atoms with Gasteiger partial charge in [0.2, 0.25) is 0 Å². The zero-order valence-corrected chi connectivity index (χ0v) is 32.0. The van der Waals surface area contributed by atoms with Crippen LogP contribution in [0.5, 0.6) is 0 Å². The predicted molar refractivity (Wildman–Crippen MR) is 226 cm³/mol. The smallest absolute Gasteiger partial charge is 0.164 e. The van der Waals surface area contributed by atoms with Crippen molar-refractivity contribution in [2.45, 2.75) is 63.2 Å². The van der Waals surface area contributed by atoms with Gasteiger partial charge in [-0.2, -0.15) is 5.26 Å². The molecule has 4 fully saturated rings. The van der Waals surface area contributed by atoms with Gasteiger partial charge in [0, 0.05) is 16.7 Å².